The summed E-state index contributed by atoms with van der Waals surface area (Å²) in [4.78, 5) is 0. The molecule has 1 unspecified atom stereocenters. The van der Waals surface area contributed by atoms with E-state index in [9.17, 15) is 0 Å². The number of ether oxygens (including phenoxy) is 2. The van der Waals surface area contributed by atoms with Crippen LogP contribution in [0.15, 0.2) is 16.6 Å². The maximum atomic E-state index is 5.76. The van der Waals surface area contributed by atoms with E-state index < -0.39 is 0 Å². The fourth-order valence-corrected chi connectivity index (χ4v) is 1.94. The van der Waals surface area contributed by atoms with Gasteiger partial charge < -0.3 is 15.2 Å². The smallest absolute Gasteiger partial charge is 0.152 e. The Morgan fingerprint density at radius 1 is 1.35 bits per heavy atom. The van der Waals surface area contributed by atoms with Crippen molar-refractivity contribution in [1.29, 1.82) is 0 Å². The molecule has 1 aromatic carbocycles. The number of hydrogen-bond acceptors (Lipinski definition) is 3. The van der Waals surface area contributed by atoms with Crippen molar-refractivity contribution in [3.8, 4) is 23.3 Å². The SMILES string of the molecule is CCC(N)C#Cc1ccc(OC)c(Br)c1OC. The lowest BCUT2D eigenvalue weighted by atomic mass is 10.1. The number of rotatable bonds is 3. The maximum Gasteiger partial charge on any atom is 0.152 e. The minimum atomic E-state index is -0.111. The van der Waals surface area contributed by atoms with E-state index in [2.05, 4.69) is 27.8 Å². The molecule has 0 aliphatic rings. The number of benzene rings is 1. The van der Waals surface area contributed by atoms with Gasteiger partial charge in [0, 0.05) is 0 Å². The molecule has 0 saturated carbocycles. The van der Waals surface area contributed by atoms with Crippen LogP contribution in [0, 0.1) is 11.8 Å². The second-order valence-corrected chi connectivity index (χ2v) is 4.24. The molecule has 0 bridgehead atoms. The molecule has 17 heavy (non-hydrogen) atoms. The van der Waals surface area contributed by atoms with E-state index in [1.54, 1.807) is 14.2 Å². The Morgan fingerprint density at radius 3 is 2.59 bits per heavy atom. The summed E-state index contributed by atoms with van der Waals surface area (Å²) in [5.74, 6) is 7.38. The van der Waals surface area contributed by atoms with E-state index in [-0.39, 0.29) is 6.04 Å². The normalized spacial score (nSPS) is 11.4. The summed E-state index contributed by atoms with van der Waals surface area (Å²) < 4.78 is 11.3. The van der Waals surface area contributed by atoms with Crippen molar-refractivity contribution < 1.29 is 9.47 Å². The molecule has 2 N–H and O–H groups in total. The molecule has 0 aliphatic heterocycles. The highest BCUT2D eigenvalue weighted by Crippen LogP contribution is 2.36. The third-order valence-corrected chi connectivity index (χ3v) is 3.07. The third-order valence-electron chi connectivity index (χ3n) is 2.32. The Bertz CT molecular complexity index is 449. The highest BCUT2D eigenvalue weighted by atomic mass is 79.9. The van der Waals surface area contributed by atoms with Crippen LogP contribution in [-0.2, 0) is 0 Å². The molecule has 1 aromatic rings. The molecule has 0 aliphatic carbocycles. The summed E-state index contributed by atoms with van der Waals surface area (Å²) in [6.45, 7) is 2.00. The van der Waals surface area contributed by atoms with Crippen LogP contribution in [-0.4, -0.2) is 20.3 Å². The first kappa shape index (κ1) is 13.9. The molecule has 92 valence electrons. The second kappa shape index (κ2) is 6.53. The average Bonchev–Trinajstić information content (AvgIpc) is 2.35. The first-order valence-corrected chi connectivity index (χ1v) is 6.10. The maximum absolute atomic E-state index is 5.76. The Kier molecular flexibility index (Phi) is 5.33. The molecule has 1 rings (SSSR count). The molecule has 0 spiro atoms. The first-order chi connectivity index (χ1) is 8.13. The lowest BCUT2D eigenvalue weighted by Gasteiger charge is -2.10. The zero-order chi connectivity index (χ0) is 12.8. The van der Waals surface area contributed by atoms with Gasteiger partial charge in [0.15, 0.2) is 5.75 Å². The number of hydrogen-bond donors (Lipinski definition) is 1. The highest BCUT2D eigenvalue weighted by molar-refractivity contribution is 9.10. The van der Waals surface area contributed by atoms with Gasteiger partial charge in [0.2, 0.25) is 0 Å². The van der Waals surface area contributed by atoms with Gasteiger partial charge >= 0.3 is 0 Å². The monoisotopic (exact) mass is 297 g/mol. The van der Waals surface area contributed by atoms with E-state index in [0.717, 1.165) is 16.5 Å². The Hall–Kier alpha value is -1.18. The molecule has 1 atom stereocenters. The van der Waals surface area contributed by atoms with Crippen LogP contribution in [0.1, 0.15) is 18.9 Å². The fourth-order valence-electron chi connectivity index (χ4n) is 1.27. The Balaban J connectivity index is 3.16. The van der Waals surface area contributed by atoms with Crippen LogP contribution in [0.4, 0.5) is 0 Å². The Labute approximate surface area is 110 Å². The summed E-state index contributed by atoms with van der Waals surface area (Å²) in [6, 6.07) is 3.59. The van der Waals surface area contributed by atoms with Crippen LogP contribution in [0.3, 0.4) is 0 Å². The largest absolute Gasteiger partial charge is 0.495 e. The zero-order valence-corrected chi connectivity index (χ0v) is 11.8. The molecule has 4 heteroatoms. The van der Waals surface area contributed by atoms with Gasteiger partial charge in [0.1, 0.15) is 10.2 Å². The molecular weight excluding hydrogens is 282 g/mol. The van der Waals surface area contributed by atoms with E-state index >= 15 is 0 Å². The molecular formula is C13H16BrNO2. The molecule has 0 fully saturated rings. The van der Waals surface area contributed by atoms with Crippen molar-refractivity contribution in [2.24, 2.45) is 5.73 Å². The van der Waals surface area contributed by atoms with Crippen LogP contribution < -0.4 is 15.2 Å². The van der Waals surface area contributed by atoms with Gasteiger partial charge in [0.05, 0.1) is 25.8 Å². The van der Waals surface area contributed by atoms with Crippen molar-refractivity contribution in [3.05, 3.63) is 22.2 Å². The Morgan fingerprint density at radius 2 is 2.06 bits per heavy atom. The summed E-state index contributed by atoms with van der Waals surface area (Å²) in [5.41, 5.74) is 6.55. The molecule has 0 amide bonds. The van der Waals surface area contributed by atoms with Gasteiger partial charge in [-0.2, -0.15) is 0 Å². The predicted molar refractivity (Wildman–Crippen MR) is 72.4 cm³/mol. The molecule has 0 heterocycles. The quantitative estimate of drug-likeness (QED) is 0.872. The zero-order valence-electron chi connectivity index (χ0n) is 10.2. The highest BCUT2D eigenvalue weighted by Gasteiger charge is 2.11. The predicted octanol–water partition coefficient (Wildman–Crippen LogP) is 2.56. The van der Waals surface area contributed by atoms with Crippen molar-refractivity contribution in [2.75, 3.05) is 14.2 Å². The van der Waals surface area contributed by atoms with Crippen LogP contribution in [0.2, 0.25) is 0 Å². The fraction of sp³-hybridized carbons (Fsp3) is 0.385. The third kappa shape index (κ3) is 3.39. The van der Waals surface area contributed by atoms with Crippen molar-refractivity contribution >= 4 is 15.9 Å². The van der Waals surface area contributed by atoms with Gasteiger partial charge in [-0.3, -0.25) is 0 Å². The molecule has 0 saturated heterocycles. The molecule has 0 radical (unpaired) electrons. The standard InChI is InChI=1S/C13H16BrNO2/c1-4-10(15)7-5-9-6-8-11(16-2)12(14)13(9)17-3/h6,8,10H,4,15H2,1-3H3. The molecule has 3 nitrogen and oxygen atoms in total. The van der Waals surface area contributed by atoms with E-state index in [0.29, 0.717) is 11.5 Å². The summed E-state index contributed by atoms with van der Waals surface area (Å²) in [7, 11) is 3.21. The van der Waals surface area contributed by atoms with Crippen molar-refractivity contribution in [1.82, 2.24) is 0 Å². The van der Waals surface area contributed by atoms with Crippen LogP contribution in [0.5, 0.6) is 11.5 Å². The van der Waals surface area contributed by atoms with Gasteiger partial charge in [0.25, 0.3) is 0 Å². The first-order valence-electron chi connectivity index (χ1n) is 5.31. The van der Waals surface area contributed by atoms with Gasteiger partial charge in [-0.25, -0.2) is 0 Å². The van der Waals surface area contributed by atoms with E-state index in [1.807, 2.05) is 19.1 Å². The average molecular weight is 298 g/mol. The van der Waals surface area contributed by atoms with Gasteiger partial charge in [-0.1, -0.05) is 18.8 Å². The minimum Gasteiger partial charge on any atom is -0.495 e. The lowest BCUT2D eigenvalue weighted by molar-refractivity contribution is 0.389. The van der Waals surface area contributed by atoms with Gasteiger partial charge in [-0.05, 0) is 34.5 Å². The number of nitrogens with two attached hydrogens (primary N) is 1. The summed E-state index contributed by atoms with van der Waals surface area (Å²) in [6.07, 6.45) is 0.826. The van der Waals surface area contributed by atoms with Crippen LogP contribution in [0.25, 0.3) is 0 Å². The summed E-state index contributed by atoms with van der Waals surface area (Å²) >= 11 is 3.43. The number of methoxy groups -OCH3 is 2. The summed E-state index contributed by atoms with van der Waals surface area (Å²) in [5, 5.41) is 0. The van der Waals surface area contributed by atoms with Crippen molar-refractivity contribution in [3.63, 3.8) is 0 Å². The lowest BCUT2D eigenvalue weighted by Crippen LogP contribution is -2.15. The second-order valence-electron chi connectivity index (χ2n) is 3.45. The molecule has 0 aromatic heterocycles. The minimum absolute atomic E-state index is 0.111. The van der Waals surface area contributed by atoms with Gasteiger partial charge in [-0.15, -0.1) is 0 Å². The van der Waals surface area contributed by atoms with E-state index in [4.69, 9.17) is 15.2 Å². The van der Waals surface area contributed by atoms with Crippen molar-refractivity contribution in [2.45, 2.75) is 19.4 Å². The topological polar surface area (TPSA) is 44.5 Å². The van der Waals surface area contributed by atoms with Crippen LogP contribution >= 0.6 is 15.9 Å². The van der Waals surface area contributed by atoms with E-state index in [1.165, 1.54) is 0 Å². The number of halogens is 1.